The fourth-order valence-corrected chi connectivity index (χ4v) is 3.83. The average Bonchev–Trinajstić information content (AvgIpc) is 2.79. The Morgan fingerprint density at radius 2 is 1.88 bits per heavy atom. The van der Waals surface area contributed by atoms with Crippen LogP contribution in [0.2, 0.25) is 18.1 Å². The summed E-state index contributed by atoms with van der Waals surface area (Å²) in [5.74, 6) is 0.0779. The first-order valence-electron chi connectivity index (χ1n) is 8.79. The summed E-state index contributed by atoms with van der Waals surface area (Å²) in [6.45, 7) is 15.8. The molecule has 2 aromatic rings. The third-order valence-electron chi connectivity index (χ3n) is 5.19. The van der Waals surface area contributed by atoms with Gasteiger partial charge in [0.2, 0.25) is 5.91 Å². The molecule has 1 aromatic heterocycles. The van der Waals surface area contributed by atoms with Crippen LogP contribution in [0.4, 0.5) is 0 Å². The molecule has 0 bridgehead atoms. The number of aromatic nitrogens is 1. The van der Waals surface area contributed by atoms with E-state index in [9.17, 15) is 4.79 Å². The Kier molecular flexibility index (Phi) is 5.40. The molecule has 0 radical (unpaired) electrons. The molecule has 0 atom stereocenters. The summed E-state index contributed by atoms with van der Waals surface area (Å²) in [7, 11) is -1.69. The molecule has 0 saturated heterocycles. The average molecular weight is 346 g/mol. The van der Waals surface area contributed by atoms with E-state index in [-0.39, 0.29) is 10.9 Å². The van der Waals surface area contributed by atoms with Gasteiger partial charge in [0.15, 0.2) is 8.32 Å². The van der Waals surface area contributed by atoms with E-state index >= 15 is 0 Å². The Hall–Kier alpha value is -1.39. The van der Waals surface area contributed by atoms with Crippen molar-refractivity contribution >= 4 is 25.1 Å². The Morgan fingerprint density at radius 1 is 1.21 bits per heavy atom. The quantitative estimate of drug-likeness (QED) is 0.524. The van der Waals surface area contributed by atoms with Gasteiger partial charge in [0.05, 0.1) is 5.52 Å². The summed E-state index contributed by atoms with van der Waals surface area (Å²) in [6.07, 6.45) is 1.80. The second-order valence-electron chi connectivity index (χ2n) is 8.26. The lowest BCUT2D eigenvalue weighted by Gasteiger charge is -2.36. The van der Waals surface area contributed by atoms with E-state index in [2.05, 4.69) is 59.0 Å². The molecule has 4 heteroatoms. The summed E-state index contributed by atoms with van der Waals surface area (Å²) >= 11 is 0. The van der Waals surface area contributed by atoms with Crippen molar-refractivity contribution in [3.8, 4) is 0 Å². The van der Waals surface area contributed by atoms with Crippen molar-refractivity contribution in [1.82, 2.24) is 4.57 Å². The molecule has 24 heavy (non-hydrogen) atoms. The van der Waals surface area contributed by atoms with Gasteiger partial charge in [0, 0.05) is 24.6 Å². The summed E-state index contributed by atoms with van der Waals surface area (Å²) in [5, 5.41) is 1.38. The number of rotatable bonds is 5. The van der Waals surface area contributed by atoms with E-state index in [1.54, 1.807) is 6.92 Å². The molecule has 0 saturated carbocycles. The van der Waals surface area contributed by atoms with Crippen LogP contribution in [0.3, 0.4) is 0 Å². The summed E-state index contributed by atoms with van der Waals surface area (Å²) < 4.78 is 8.10. The highest BCUT2D eigenvalue weighted by atomic mass is 28.4. The van der Waals surface area contributed by atoms with Crippen LogP contribution in [0.1, 0.15) is 50.2 Å². The number of benzene rings is 1. The van der Waals surface area contributed by atoms with Gasteiger partial charge in [-0.15, -0.1) is 0 Å². The van der Waals surface area contributed by atoms with Crippen LogP contribution in [-0.4, -0.2) is 25.4 Å². The van der Waals surface area contributed by atoms with E-state index in [1.165, 1.54) is 5.56 Å². The fraction of sp³-hybridized carbons (Fsp3) is 0.550. The summed E-state index contributed by atoms with van der Waals surface area (Å²) in [5.41, 5.74) is 3.31. The van der Waals surface area contributed by atoms with E-state index in [0.717, 1.165) is 36.0 Å². The summed E-state index contributed by atoms with van der Waals surface area (Å²) in [4.78, 5) is 12.1. The third kappa shape index (κ3) is 3.98. The number of nitrogens with zero attached hydrogens (tertiary/aromatic N) is 1. The summed E-state index contributed by atoms with van der Waals surface area (Å²) in [6, 6.07) is 8.40. The lowest BCUT2D eigenvalue weighted by molar-refractivity contribution is 0.0938. The largest absolute Gasteiger partial charge is 0.417 e. The van der Waals surface area contributed by atoms with E-state index in [4.69, 9.17) is 4.43 Å². The molecule has 1 aromatic carbocycles. The topological polar surface area (TPSA) is 31.2 Å². The SMILES string of the molecule is CC(=O)n1c(CCCO[Si](C)(C)C(C)(C)C)cc2cc(C)ccc21. The highest BCUT2D eigenvalue weighted by Crippen LogP contribution is 2.36. The molecule has 0 spiro atoms. The minimum Gasteiger partial charge on any atom is -0.417 e. The third-order valence-corrected chi connectivity index (χ3v) is 9.73. The van der Waals surface area contributed by atoms with Crippen LogP contribution in [-0.2, 0) is 10.8 Å². The van der Waals surface area contributed by atoms with Crippen molar-refractivity contribution in [2.45, 2.75) is 65.6 Å². The number of carbonyl (C=O) groups is 1. The molecular weight excluding hydrogens is 314 g/mol. The number of hydrogen-bond donors (Lipinski definition) is 0. The van der Waals surface area contributed by atoms with Crippen LogP contribution in [0.5, 0.6) is 0 Å². The minimum atomic E-state index is -1.69. The van der Waals surface area contributed by atoms with Gasteiger partial charge in [-0.05, 0) is 56.1 Å². The van der Waals surface area contributed by atoms with Gasteiger partial charge in [-0.2, -0.15) is 0 Å². The van der Waals surface area contributed by atoms with Crippen molar-refractivity contribution in [2.75, 3.05) is 6.61 Å². The van der Waals surface area contributed by atoms with Crippen LogP contribution < -0.4 is 0 Å². The molecule has 1 heterocycles. The maximum atomic E-state index is 12.1. The standard InChI is InChI=1S/C20H31NO2Si/c1-15-10-11-19-17(13-15)14-18(21(19)16(2)22)9-8-12-23-24(6,7)20(3,4)5/h10-11,13-14H,8-9,12H2,1-7H3. The van der Waals surface area contributed by atoms with Crippen molar-refractivity contribution in [1.29, 1.82) is 0 Å². The van der Waals surface area contributed by atoms with Crippen LogP contribution in [0, 0.1) is 6.92 Å². The molecule has 2 rings (SSSR count). The minimum absolute atomic E-state index is 0.0779. The monoisotopic (exact) mass is 345 g/mol. The number of aryl methyl sites for hydroxylation is 2. The zero-order valence-electron chi connectivity index (χ0n) is 16.2. The van der Waals surface area contributed by atoms with Crippen LogP contribution in [0.25, 0.3) is 10.9 Å². The normalized spacial score (nSPS) is 12.8. The van der Waals surface area contributed by atoms with Gasteiger partial charge in [-0.3, -0.25) is 9.36 Å². The molecule has 0 amide bonds. The first-order chi connectivity index (χ1) is 11.0. The van der Waals surface area contributed by atoms with Gasteiger partial charge in [0.1, 0.15) is 0 Å². The lowest BCUT2D eigenvalue weighted by atomic mass is 10.2. The fourth-order valence-electron chi connectivity index (χ4n) is 2.74. The molecule has 3 nitrogen and oxygen atoms in total. The first-order valence-corrected chi connectivity index (χ1v) is 11.7. The first kappa shape index (κ1) is 18.9. The Bertz CT molecular complexity index is 738. The van der Waals surface area contributed by atoms with Crippen molar-refractivity contribution < 1.29 is 9.22 Å². The van der Waals surface area contributed by atoms with Gasteiger partial charge < -0.3 is 4.43 Å². The molecule has 0 unspecified atom stereocenters. The molecular formula is C20H31NO2Si. The Labute approximate surface area is 147 Å². The predicted octanol–water partition coefficient (Wildman–Crippen LogP) is 5.56. The zero-order chi connectivity index (χ0) is 18.1. The molecule has 132 valence electrons. The van der Waals surface area contributed by atoms with Crippen LogP contribution >= 0.6 is 0 Å². The number of fused-ring (bicyclic) bond motifs is 1. The maximum Gasteiger partial charge on any atom is 0.228 e. The Balaban J connectivity index is 2.10. The number of carbonyl (C=O) groups excluding carboxylic acids is 1. The van der Waals surface area contributed by atoms with Crippen LogP contribution in [0.15, 0.2) is 24.3 Å². The van der Waals surface area contributed by atoms with Gasteiger partial charge >= 0.3 is 0 Å². The van der Waals surface area contributed by atoms with Gasteiger partial charge in [-0.25, -0.2) is 0 Å². The predicted molar refractivity (Wildman–Crippen MR) is 104 cm³/mol. The van der Waals surface area contributed by atoms with E-state index < -0.39 is 8.32 Å². The zero-order valence-corrected chi connectivity index (χ0v) is 17.2. The van der Waals surface area contributed by atoms with Crippen molar-refractivity contribution in [2.24, 2.45) is 0 Å². The molecule has 0 fully saturated rings. The van der Waals surface area contributed by atoms with Gasteiger partial charge in [0.25, 0.3) is 0 Å². The van der Waals surface area contributed by atoms with Crippen molar-refractivity contribution in [3.05, 3.63) is 35.5 Å². The highest BCUT2D eigenvalue weighted by Gasteiger charge is 2.36. The Morgan fingerprint density at radius 3 is 2.46 bits per heavy atom. The van der Waals surface area contributed by atoms with Crippen molar-refractivity contribution in [3.63, 3.8) is 0 Å². The number of hydrogen-bond acceptors (Lipinski definition) is 2. The van der Waals surface area contributed by atoms with E-state index in [1.807, 2.05) is 10.6 Å². The van der Waals surface area contributed by atoms with E-state index in [0.29, 0.717) is 0 Å². The van der Waals surface area contributed by atoms with Gasteiger partial charge in [-0.1, -0.05) is 32.4 Å². The molecule has 0 aliphatic rings. The molecule has 0 N–H and O–H groups in total. The highest BCUT2D eigenvalue weighted by molar-refractivity contribution is 6.74. The second kappa shape index (κ2) is 6.85. The second-order valence-corrected chi connectivity index (χ2v) is 13.1. The lowest BCUT2D eigenvalue weighted by Crippen LogP contribution is -2.41. The molecule has 0 aliphatic heterocycles. The molecule has 0 aliphatic carbocycles. The smallest absolute Gasteiger partial charge is 0.228 e. The maximum absolute atomic E-state index is 12.1.